The Bertz CT molecular complexity index is 1510. The maximum Gasteiger partial charge on any atom is 0.251 e. The van der Waals surface area contributed by atoms with E-state index >= 15 is 0 Å². The van der Waals surface area contributed by atoms with E-state index in [1.165, 1.54) is 11.8 Å². The number of aromatic amines is 2. The molecule has 2 amide bonds. The van der Waals surface area contributed by atoms with Crippen LogP contribution in [0.3, 0.4) is 0 Å². The monoisotopic (exact) mass is 486 g/mol. The fourth-order valence-electron chi connectivity index (χ4n) is 3.65. The fraction of sp³-hybridized carbons (Fsp3) is 0.120. The Morgan fingerprint density at radius 1 is 1.00 bits per heavy atom. The molecule has 9 nitrogen and oxygen atoms in total. The van der Waals surface area contributed by atoms with Crippen LogP contribution in [0.4, 0.5) is 5.69 Å². The zero-order chi connectivity index (χ0) is 24.2. The first-order valence-corrected chi connectivity index (χ1v) is 11.8. The number of anilines is 1. The molecule has 176 valence electrons. The van der Waals surface area contributed by atoms with E-state index in [1.54, 1.807) is 37.4 Å². The van der Waals surface area contributed by atoms with Crippen LogP contribution in [0.1, 0.15) is 15.9 Å². The summed E-state index contributed by atoms with van der Waals surface area (Å²) in [6.07, 6.45) is 1.88. The van der Waals surface area contributed by atoms with Crippen LogP contribution in [0.15, 0.2) is 72.0 Å². The normalized spacial score (nSPS) is 11.0. The number of rotatable bonds is 8. The van der Waals surface area contributed by atoms with Crippen LogP contribution in [0, 0.1) is 0 Å². The van der Waals surface area contributed by atoms with Crippen molar-refractivity contribution in [2.24, 2.45) is 0 Å². The molecule has 0 aliphatic rings. The highest BCUT2D eigenvalue weighted by atomic mass is 32.2. The van der Waals surface area contributed by atoms with E-state index in [2.05, 4.69) is 30.6 Å². The molecular formula is C25H22N6O3S. The number of amides is 2. The Labute approximate surface area is 204 Å². The van der Waals surface area contributed by atoms with Gasteiger partial charge in [0, 0.05) is 41.0 Å². The number of hydrogen-bond acceptors (Lipinski definition) is 6. The van der Waals surface area contributed by atoms with Crippen LogP contribution in [0.25, 0.3) is 22.1 Å². The number of fused-ring (bicyclic) bond motifs is 2. The molecule has 0 radical (unpaired) electrons. The van der Waals surface area contributed by atoms with Crippen molar-refractivity contribution in [2.75, 3.05) is 18.2 Å². The number of hydrogen-bond donors (Lipinski definition) is 4. The first-order valence-electron chi connectivity index (χ1n) is 10.9. The first kappa shape index (κ1) is 22.5. The summed E-state index contributed by atoms with van der Waals surface area (Å²) in [5.74, 6) is 0.288. The second-order valence-corrected chi connectivity index (χ2v) is 8.68. The quantitative estimate of drug-likeness (QED) is 0.245. The number of benzene rings is 2. The predicted molar refractivity (Wildman–Crippen MR) is 136 cm³/mol. The number of nitrogens with zero attached hydrogens (tertiary/aromatic N) is 2. The van der Waals surface area contributed by atoms with Crippen molar-refractivity contribution in [2.45, 2.75) is 11.7 Å². The minimum Gasteiger partial charge on any atom is -0.481 e. The van der Waals surface area contributed by atoms with Gasteiger partial charge in [0.05, 0.1) is 18.4 Å². The molecule has 0 saturated carbocycles. The Hall–Kier alpha value is -4.31. The van der Waals surface area contributed by atoms with Gasteiger partial charge >= 0.3 is 0 Å². The molecule has 0 unspecified atom stereocenters. The third-order valence-electron chi connectivity index (χ3n) is 5.40. The second-order valence-electron chi connectivity index (χ2n) is 7.72. The Kier molecular flexibility index (Phi) is 6.36. The van der Waals surface area contributed by atoms with E-state index in [-0.39, 0.29) is 17.6 Å². The Balaban J connectivity index is 1.13. The largest absolute Gasteiger partial charge is 0.481 e. The zero-order valence-electron chi connectivity index (χ0n) is 18.8. The molecule has 10 heteroatoms. The number of ether oxygens (including phenoxy) is 1. The lowest BCUT2D eigenvalue weighted by Crippen LogP contribution is -2.23. The maximum atomic E-state index is 12.6. The minimum absolute atomic E-state index is 0.171. The first-order chi connectivity index (χ1) is 17.1. The van der Waals surface area contributed by atoms with Gasteiger partial charge in [0.2, 0.25) is 11.8 Å². The average molecular weight is 487 g/mol. The number of carbonyl (C=O) groups excluding carboxylic acids is 2. The fourth-order valence-corrected chi connectivity index (χ4v) is 4.33. The van der Waals surface area contributed by atoms with Crippen LogP contribution < -0.4 is 15.4 Å². The van der Waals surface area contributed by atoms with Crippen molar-refractivity contribution in [3.8, 4) is 5.88 Å². The van der Waals surface area contributed by atoms with E-state index in [9.17, 15) is 9.59 Å². The highest BCUT2D eigenvalue weighted by Crippen LogP contribution is 2.21. The van der Waals surface area contributed by atoms with Gasteiger partial charge < -0.3 is 25.3 Å². The summed E-state index contributed by atoms with van der Waals surface area (Å²) in [5.41, 5.74) is 4.51. The van der Waals surface area contributed by atoms with Crippen molar-refractivity contribution < 1.29 is 14.3 Å². The van der Waals surface area contributed by atoms with Gasteiger partial charge in [-0.25, -0.2) is 4.98 Å². The van der Waals surface area contributed by atoms with Crippen molar-refractivity contribution in [3.63, 3.8) is 0 Å². The molecule has 4 N–H and O–H groups in total. The van der Waals surface area contributed by atoms with Crippen LogP contribution >= 0.6 is 11.8 Å². The molecule has 0 aliphatic heterocycles. The topological polar surface area (TPSA) is 125 Å². The SMILES string of the molecule is COc1ccc2[nH]c(SCC(=O)Nc3ccc(C(=O)NCc4cccc5[nH]ccc45)cc3)nc2n1. The standard InChI is InChI=1S/C25H22N6O3S/c1-34-22-10-9-20-23(30-22)31-25(29-20)35-14-21(32)28-17-7-5-15(6-8-17)24(33)27-13-16-3-2-4-19-18(16)11-12-26-19/h2-12,26H,13-14H2,1H3,(H,27,33)(H,28,32)(H,29,30,31). The third kappa shape index (κ3) is 5.12. The van der Waals surface area contributed by atoms with Gasteiger partial charge in [0.15, 0.2) is 10.8 Å². The number of thioether (sulfide) groups is 1. The predicted octanol–water partition coefficient (Wildman–Crippen LogP) is 4.11. The van der Waals surface area contributed by atoms with Crippen LogP contribution in [-0.2, 0) is 11.3 Å². The van der Waals surface area contributed by atoms with Gasteiger partial charge in [-0.05, 0) is 48.0 Å². The van der Waals surface area contributed by atoms with E-state index in [0.29, 0.717) is 34.5 Å². The molecule has 0 bridgehead atoms. The smallest absolute Gasteiger partial charge is 0.251 e. The lowest BCUT2D eigenvalue weighted by atomic mass is 10.1. The van der Waals surface area contributed by atoms with Gasteiger partial charge in [-0.3, -0.25) is 9.59 Å². The molecular weight excluding hydrogens is 464 g/mol. The maximum absolute atomic E-state index is 12.6. The van der Waals surface area contributed by atoms with E-state index in [1.807, 2.05) is 36.5 Å². The van der Waals surface area contributed by atoms with Crippen molar-refractivity contribution >= 4 is 51.3 Å². The molecule has 35 heavy (non-hydrogen) atoms. The van der Waals surface area contributed by atoms with Gasteiger partial charge in [-0.15, -0.1) is 0 Å². The van der Waals surface area contributed by atoms with Crippen LogP contribution in [0.2, 0.25) is 0 Å². The molecule has 2 aromatic carbocycles. The summed E-state index contributed by atoms with van der Waals surface area (Å²) in [5, 5.41) is 7.46. The molecule has 3 heterocycles. The van der Waals surface area contributed by atoms with Crippen molar-refractivity contribution in [1.29, 1.82) is 0 Å². The highest BCUT2D eigenvalue weighted by molar-refractivity contribution is 7.99. The number of nitrogens with one attached hydrogen (secondary N) is 4. The number of pyridine rings is 1. The van der Waals surface area contributed by atoms with Gasteiger partial charge in [0.1, 0.15) is 0 Å². The molecule has 0 spiro atoms. The van der Waals surface area contributed by atoms with E-state index in [4.69, 9.17) is 4.74 Å². The Morgan fingerprint density at radius 3 is 2.69 bits per heavy atom. The van der Waals surface area contributed by atoms with Gasteiger partial charge in [0.25, 0.3) is 5.91 Å². The van der Waals surface area contributed by atoms with E-state index < -0.39 is 0 Å². The van der Waals surface area contributed by atoms with Crippen LogP contribution in [0.5, 0.6) is 5.88 Å². The van der Waals surface area contributed by atoms with E-state index in [0.717, 1.165) is 22.0 Å². The van der Waals surface area contributed by atoms with Gasteiger partial charge in [-0.2, -0.15) is 4.98 Å². The molecule has 0 fully saturated rings. The Morgan fingerprint density at radius 2 is 1.86 bits per heavy atom. The summed E-state index contributed by atoms with van der Waals surface area (Å²) in [4.78, 5) is 39.9. The van der Waals surface area contributed by atoms with Crippen LogP contribution in [-0.4, -0.2) is 44.6 Å². The second kappa shape index (κ2) is 9.90. The molecule has 5 aromatic rings. The lowest BCUT2D eigenvalue weighted by molar-refractivity contribution is -0.113. The number of carbonyl (C=O) groups is 2. The highest BCUT2D eigenvalue weighted by Gasteiger charge is 2.11. The average Bonchev–Trinajstić information content (AvgIpc) is 3.53. The molecule has 0 saturated heterocycles. The lowest BCUT2D eigenvalue weighted by Gasteiger charge is -2.08. The van der Waals surface area contributed by atoms with Gasteiger partial charge in [-0.1, -0.05) is 23.9 Å². The minimum atomic E-state index is -0.183. The summed E-state index contributed by atoms with van der Waals surface area (Å²) < 4.78 is 5.10. The zero-order valence-corrected chi connectivity index (χ0v) is 19.6. The molecule has 5 rings (SSSR count). The molecule has 3 aromatic heterocycles. The summed E-state index contributed by atoms with van der Waals surface area (Å²) in [7, 11) is 1.55. The summed E-state index contributed by atoms with van der Waals surface area (Å²) in [6, 6.07) is 18.3. The number of aromatic nitrogens is 4. The number of imidazole rings is 1. The summed E-state index contributed by atoms with van der Waals surface area (Å²) >= 11 is 1.27. The third-order valence-corrected chi connectivity index (χ3v) is 6.28. The number of H-pyrrole nitrogens is 2. The molecule has 0 atom stereocenters. The van der Waals surface area contributed by atoms with Crippen molar-refractivity contribution in [1.82, 2.24) is 25.3 Å². The number of methoxy groups -OCH3 is 1. The summed E-state index contributed by atoms with van der Waals surface area (Å²) in [6.45, 7) is 0.424. The molecule has 0 aliphatic carbocycles. The van der Waals surface area contributed by atoms with Crippen molar-refractivity contribution in [3.05, 3.63) is 78.0 Å².